The molecule has 0 unspecified atom stereocenters. The molecule has 1 atom stereocenters. The van der Waals surface area contributed by atoms with Gasteiger partial charge in [-0.2, -0.15) is 5.10 Å². The minimum Gasteiger partial charge on any atom is -0.486 e. The molecule has 150 valence electrons. The van der Waals surface area contributed by atoms with Crippen LogP contribution in [-0.4, -0.2) is 61.0 Å². The van der Waals surface area contributed by atoms with E-state index in [9.17, 15) is 4.79 Å². The number of hydrogen-bond acceptors (Lipinski definition) is 6. The van der Waals surface area contributed by atoms with E-state index >= 15 is 0 Å². The lowest BCUT2D eigenvalue weighted by atomic mass is 9.93. The van der Waals surface area contributed by atoms with Gasteiger partial charge in [0.05, 0.1) is 17.6 Å². The van der Waals surface area contributed by atoms with Crippen molar-refractivity contribution in [2.24, 2.45) is 0 Å². The van der Waals surface area contributed by atoms with Crippen LogP contribution in [0.3, 0.4) is 0 Å². The number of ether oxygens (including phenoxy) is 3. The van der Waals surface area contributed by atoms with Gasteiger partial charge in [-0.15, -0.1) is 0 Å². The average Bonchev–Trinajstić information content (AvgIpc) is 3.17. The number of carbonyl (C=O) groups is 1. The molecule has 0 bridgehead atoms. The highest BCUT2D eigenvalue weighted by molar-refractivity contribution is 5.92. The highest BCUT2D eigenvalue weighted by Crippen LogP contribution is 2.36. The quantitative estimate of drug-likeness (QED) is 0.791. The van der Waals surface area contributed by atoms with Gasteiger partial charge in [0, 0.05) is 31.7 Å². The number of likely N-dealkylation sites (tertiary alicyclic amines) is 1. The summed E-state index contributed by atoms with van der Waals surface area (Å²) in [7, 11) is 1.51. The van der Waals surface area contributed by atoms with Crippen LogP contribution in [0, 0.1) is 0 Å². The minimum absolute atomic E-state index is 0.0304. The van der Waals surface area contributed by atoms with Crippen LogP contribution >= 0.6 is 0 Å². The molecule has 1 saturated heterocycles. The highest BCUT2D eigenvalue weighted by Gasteiger charge is 2.26. The molecule has 1 aromatic carbocycles. The molecule has 1 amide bonds. The molecular weight excluding hydrogens is 360 g/mol. The van der Waals surface area contributed by atoms with Crippen LogP contribution in [0.25, 0.3) is 0 Å². The molecule has 2 N–H and O–H groups in total. The van der Waals surface area contributed by atoms with E-state index in [2.05, 4.69) is 26.5 Å². The van der Waals surface area contributed by atoms with Crippen molar-refractivity contribution in [3.63, 3.8) is 0 Å². The van der Waals surface area contributed by atoms with E-state index in [4.69, 9.17) is 14.2 Å². The van der Waals surface area contributed by atoms with Gasteiger partial charge in [0.15, 0.2) is 11.5 Å². The van der Waals surface area contributed by atoms with Crippen LogP contribution in [-0.2, 0) is 16.1 Å². The van der Waals surface area contributed by atoms with E-state index < -0.39 is 0 Å². The fourth-order valence-electron chi connectivity index (χ4n) is 3.96. The maximum absolute atomic E-state index is 11.9. The number of fused-ring (bicyclic) bond motifs is 1. The number of piperidine rings is 1. The Bertz CT molecular complexity index is 822. The first-order valence-corrected chi connectivity index (χ1v) is 9.66. The summed E-state index contributed by atoms with van der Waals surface area (Å²) in [5.41, 5.74) is 2.86. The third-order valence-electron chi connectivity index (χ3n) is 5.17. The maximum Gasteiger partial charge on any atom is 0.250 e. The number of H-pyrrole nitrogens is 1. The van der Waals surface area contributed by atoms with Crippen LogP contribution in [0.2, 0.25) is 0 Å². The Morgan fingerprint density at radius 2 is 2.29 bits per heavy atom. The Kier molecular flexibility index (Phi) is 5.78. The number of carbonyl (C=O) groups excluding carboxylic acids is 1. The molecule has 3 heterocycles. The van der Waals surface area contributed by atoms with Gasteiger partial charge >= 0.3 is 0 Å². The largest absolute Gasteiger partial charge is 0.486 e. The lowest BCUT2D eigenvalue weighted by molar-refractivity contribution is -0.119. The number of amides is 1. The van der Waals surface area contributed by atoms with E-state index in [1.165, 1.54) is 7.11 Å². The van der Waals surface area contributed by atoms with Gasteiger partial charge in [0.1, 0.15) is 19.8 Å². The molecule has 2 aliphatic heterocycles. The highest BCUT2D eigenvalue weighted by atomic mass is 16.6. The normalized spacial score (nSPS) is 19.4. The third-order valence-corrected chi connectivity index (χ3v) is 5.17. The van der Waals surface area contributed by atoms with Gasteiger partial charge in [0.2, 0.25) is 5.91 Å². The zero-order valence-electron chi connectivity index (χ0n) is 16.1. The standard InChI is InChI=1S/C20H26N4O4/c1-26-13-18(25)22-16-10-21-23-19(16)14-5-3-7-24(11-14)12-15-4-2-6-17-20(15)28-9-8-27-17/h2,4,6,10,14H,3,5,7-9,11-13H2,1H3,(H,21,23)(H,22,25)/t14-/m0/s1. The molecule has 1 aromatic heterocycles. The van der Waals surface area contributed by atoms with E-state index in [0.29, 0.717) is 13.2 Å². The molecule has 0 aliphatic carbocycles. The zero-order chi connectivity index (χ0) is 19.3. The second-order valence-electron chi connectivity index (χ2n) is 7.19. The van der Waals surface area contributed by atoms with Crippen molar-refractivity contribution in [1.29, 1.82) is 0 Å². The number of aromatic amines is 1. The number of benzene rings is 1. The smallest absolute Gasteiger partial charge is 0.250 e. The fraction of sp³-hybridized carbons (Fsp3) is 0.500. The molecular formula is C20H26N4O4. The molecule has 0 saturated carbocycles. The summed E-state index contributed by atoms with van der Waals surface area (Å²) < 4.78 is 16.4. The SMILES string of the molecule is COCC(=O)Nc1cn[nH]c1[C@H]1CCCN(Cc2cccc3c2OCCO3)C1. The van der Waals surface area contributed by atoms with Crippen LogP contribution in [0.15, 0.2) is 24.4 Å². The molecule has 8 heteroatoms. The Balaban J connectivity index is 1.45. The Hall–Kier alpha value is -2.58. The fourth-order valence-corrected chi connectivity index (χ4v) is 3.96. The van der Waals surface area contributed by atoms with Gasteiger partial charge < -0.3 is 19.5 Å². The van der Waals surface area contributed by atoms with Crippen LogP contribution in [0.4, 0.5) is 5.69 Å². The van der Waals surface area contributed by atoms with Gasteiger partial charge in [-0.3, -0.25) is 14.8 Å². The van der Waals surface area contributed by atoms with Gasteiger partial charge in [-0.1, -0.05) is 12.1 Å². The predicted molar refractivity (Wildman–Crippen MR) is 104 cm³/mol. The molecule has 1 fully saturated rings. The van der Waals surface area contributed by atoms with Crippen molar-refractivity contribution >= 4 is 11.6 Å². The topological polar surface area (TPSA) is 88.7 Å². The van der Waals surface area contributed by atoms with Crippen LogP contribution in [0.5, 0.6) is 11.5 Å². The number of anilines is 1. The van der Waals surface area contributed by atoms with Gasteiger partial charge in [-0.25, -0.2) is 0 Å². The molecule has 0 radical (unpaired) electrons. The predicted octanol–water partition coefficient (Wildman–Crippen LogP) is 2.15. The molecule has 4 rings (SSSR count). The van der Waals surface area contributed by atoms with E-state index in [-0.39, 0.29) is 18.4 Å². The van der Waals surface area contributed by atoms with E-state index in [1.807, 2.05) is 12.1 Å². The van der Waals surface area contributed by atoms with E-state index in [1.54, 1.807) is 6.20 Å². The number of aromatic nitrogens is 2. The molecule has 28 heavy (non-hydrogen) atoms. The third kappa shape index (κ3) is 4.13. The van der Waals surface area contributed by atoms with Crippen LogP contribution in [0.1, 0.15) is 30.0 Å². The first-order valence-electron chi connectivity index (χ1n) is 9.66. The summed E-state index contributed by atoms with van der Waals surface area (Å²) in [6.45, 7) is 3.94. The second-order valence-corrected chi connectivity index (χ2v) is 7.19. The van der Waals surface area contributed by atoms with Crippen molar-refractivity contribution in [3.05, 3.63) is 35.7 Å². The van der Waals surface area contributed by atoms with Gasteiger partial charge in [0.25, 0.3) is 0 Å². The summed E-state index contributed by atoms with van der Waals surface area (Å²) in [5.74, 6) is 1.80. The summed E-state index contributed by atoms with van der Waals surface area (Å²) in [6.07, 6.45) is 3.81. The second kappa shape index (κ2) is 8.62. The number of hydrogen-bond donors (Lipinski definition) is 2. The summed E-state index contributed by atoms with van der Waals surface area (Å²) in [4.78, 5) is 14.3. The van der Waals surface area contributed by atoms with Crippen molar-refractivity contribution < 1.29 is 19.0 Å². The van der Waals surface area contributed by atoms with Crippen LogP contribution < -0.4 is 14.8 Å². The number of nitrogens with one attached hydrogen (secondary N) is 2. The molecule has 0 spiro atoms. The average molecular weight is 386 g/mol. The first-order chi connectivity index (χ1) is 13.7. The molecule has 2 aromatic rings. The van der Waals surface area contributed by atoms with Crippen molar-refractivity contribution in [3.8, 4) is 11.5 Å². The number of para-hydroxylation sites is 1. The van der Waals surface area contributed by atoms with Crippen molar-refractivity contribution in [2.45, 2.75) is 25.3 Å². The van der Waals surface area contributed by atoms with Gasteiger partial charge in [-0.05, 0) is 25.5 Å². The van der Waals surface area contributed by atoms with E-state index in [0.717, 1.165) is 60.9 Å². The summed E-state index contributed by atoms with van der Waals surface area (Å²) in [6, 6.07) is 6.07. The Morgan fingerprint density at radius 3 is 3.18 bits per heavy atom. The maximum atomic E-state index is 11.9. The lowest BCUT2D eigenvalue weighted by Gasteiger charge is -2.33. The number of nitrogens with zero attached hydrogens (tertiary/aromatic N) is 2. The Morgan fingerprint density at radius 1 is 1.39 bits per heavy atom. The Labute approximate surface area is 164 Å². The molecule has 2 aliphatic rings. The number of methoxy groups -OCH3 is 1. The summed E-state index contributed by atoms with van der Waals surface area (Å²) >= 11 is 0. The zero-order valence-corrected chi connectivity index (χ0v) is 16.1. The monoisotopic (exact) mass is 386 g/mol. The molecule has 8 nitrogen and oxygen atoms in total. The minimum atomic E-state index is -0.175. The van der Waals surface area contributed by atoms with Crippen molar-refractivity contribution in [2.75, 3.05) is 45.3 Å². The van der Waals surface area contributed by atoms with Crippen molar-refractivity contribution in [1.82, 2.24) is 15.1 Å². The first kappa shape index (κ1) is 18.8. The number of rotatable bonds is 6. The summed E-state index contributed by atoms with van der Waals surface area (Å²) in [5, 5.41) is 10.1. The lowest BCUT2D eigenvalue weighted by Crippen LogP contribution is -2.34.